The topological polar surface area (TPSA) is 36.3 Å². The van der Waals surface area contributed by atoms with Gasteiger partial charge in [-0.15, -0.1) is 0 Å². The Balaban J connectivity index is 1.88. The second-order valence-corrected chi connectivity index (χ2v) is 6.47. The zero-order valence-electron chi connectivity index (χ0n) is 11.9. The molecule has 2 aliphatic rings. The molecule has 1 aromatic rings. The van der Waals surface area contributed by atoms with E-state index in [0.29, 0.717) is 6.04 Å². The second-order valence-electron chi connectivity index (χ2n) is 6.47. The van der Waals surface area contributed by atoms with Crippen LogP contribution in [0.3, 0.4) is 0 Å². The fourth-order valence-corrected chi connectivity index (χ4v) is 2.22. The summed E-state index contributed by atoms with van der Waals surface area (Å²) < 4.78 is 14.2. The molecule has 3 rings (SSSR count). The Morgan fingerprint density at radius 2 is 1.78 bits per heavy atom. The third-order valence-electron chi connectivity index (χ3n) is 4.38. The summed E-state index contributed by atoms with van der Waals surface area (Å²) in [7, 11) is -0.289. The third-order valence-corrected chi connectivity index (χ3v) is 4.38. The van der Waals surface area contributed by atoms with Crippen molar-refractivity contribution in [3.8, 4) is 0 Å². The van der Waals surface area contributed by atoms with Crippen LogP contribution in [-0.2, 0) is 9.31 Å². The fraction of sp³-hybridized carbons (Fsp3) is 0.769. The van der Waals surface area contributed by atoms with Crippen LogP contribution in [0.15, 0.2) is 6.20 Å². The van der Waals surface area contributed by atoms with Crippen molar-refractivity contribution in [2.24, 2.45) is 0 Å². The van der Waals surface area contributed by atoms with Gasteiger partial charge in [-0.3, -0.25) is 4.68 Å². The van der Waals surface area contributed by atoms with Gasteiger partial charge >= 0.3 is 7.12 Å². The summed E-state index contributed by atoms with van der Waals surface area (Å²) in [6.07, 6.45) is 4.57. The van der Waals surface area contributed by atoms with E-state index in [2.05, 4.69) is 43.7 Å². The van der Waals surface area contributed by atoms with E-state index in [1.807, 2.05) is 6.92 Å². The lowest BCUT2D eigenvalue weighted by molar-refractivity contribution is 0.00578. The van der Waals surface area contributed by atoms with Crippen LogP contribution in [0.2, 0.25) is 0 Å². The van der Waals surface area contributed by atoms with Crippen molar-refractivity contribution in [3.63, 3.8) is 0 Å². The first kappa shape index (κ1) is 12.2. The maximum absolute atomic E-state index is 6.07. The standard InChI is InChI=1S/C13H21BN2O2/c1-9-11(8-16(15-9)10-6-7-10)14-17-12(2,3)13(4,5)18-14/h8,10H,6-7H2,1-5H3. The summed E-state index contributed by atoms with van der Waals surface area (Å²) in [5.41, 5.74) is 1.51. The van der Waals surface area contributed by atoms with Crippen molar-refractivity contribution < 1.29 is 9.31 Å². The average molecular weight is 248 g/mol. The lowest BCUT2D eigenvalue weighted by Gasteiger charge is -2.32. The van der Waals surface area contributed by atoms with Crippen molar-refractivity contribution in [2.45, 2.75) is 64.7 Å². The lowest BCUT2D eigenvalue weighted by Crippen LogP contribution is -2.41. The predicted octanol–water partition coefficient (Wildman–Crippen LogP) is 1.83. The van der Waals surface area contributed by atoms with Crippen LogP contribution in [0.4, 0.5) is 0 Å². The van der Waals surface area contributed by atoms with Crippen molar-refractivity contribution in [1.82, 2.24) is 9.78 Å². The predicted molar refractivity (Wildman–Crippen MR) is 71.0 cm³/mol. The molecule has 1 aromatic heterocycles. The first-order chi connectivity index (χ1) is 8.30. The first-order valence-corrected chi connectivity index (χ1v) is 6.71. The molecule has 0 bridgehead atoms. The number of hydrogen-bond donors (Lipinski definition) is 0. The molecule has 0 spiro atoms. The van der Waals surface area contributed by atoms with Crippen molar-refractivity contribution in [3.05, 3.63) is 11.9 Å². The molecule has 0 aromatic carbocycles. The molecule has 0 amide bonds. The van der Waals surface area contributed by atoms with E-state index in [1.54, 1.807) is 0 Å². The molecule has 1 saturated carbocycles. The van der Waals surface area contributed by atoms with Crippen molar-refractivity contribution >= 4 is 12.6 Å². The zero-order valence-corrected chi connectivity index (χ0v) is 11.9. The molecular formula is C13H21BN2O2. The van der Waals surface area contributed by atoms with Gasteiger partial charge in [0.05, 0.1) is 22.9 Å². The van der Waals surface area contributed by atoms with Crippen LogP contribution in [0.5, 0.6) is 0 Å². The van der Waals surface area contributed by atoms with Crippen LogP contribution in [0, 0.1) is 6.92 Å². The third kappa shape index (κ3) is 1.80. The minimum atomic E-state index is -0.289. The number of aromatic nitrogens is 2. The van der Waals surface area contributed by atoms with Gasteiger partial charge in [0.1, 0.15) is 0 Å². The van der Waals surface area contributed by atoms with Gasteiger partial charge < -0.3 is 9.31 Å². The van der Waals surface area contributed by atoms with E-state index in [1.165, 1.54) is 12.8 Å². The van der Waals surface area contributed by atoms with Crippen LogP contribution >= 0.6 is 0 Å². The number of rotatable bonds is 2. The SMILES string of the molecule is Cc1nn(C2CC2)cc1B1OC(C)(C)C(C)(C)O1. The highest BCUT2D eigenvalue weighted by Crippen LogP contribution is 2.37. The monoisotopic (exact) mass is 248 g/mol. The van der Waals surface area contributed by atoms with Crippen LogP contribution in [-0.4, -0.2) is 28.1 Å². The van der Waals surface area contributed by atoms with Gasteiger partial charge in [0, 0.05) is 11.7 Å². The van der Waals surface area contributed by atoms with Crippen LogP contribution in [0.25, 0.3) is 0 Å². The molecule has 2 heterocycles. The fourth-order valence-electron chi connectivity index (χ4n) is 2.22. The Labute approximate surface area is 109 Å². The summed E-state index contributed by atoms with van der Waals surface area (Å²) in [4.78, 5) is 0. The van der Waals surface area contributed by atoms with Crippen molar-refractivity contribution in [2.75, 3.05) is 0 Å². The highest BCUT2D eigenvalue weighted by atomic mass is 16.7. The van der Waals surface area contributed by atoms with Gasteiger partial charge in [-0.2, -0.15) is 5.10 Å². The molecule has 0 radical (unpaired) electrons. The van der Waals surface area contributed by atoms with Gasteiger partial charge in [0.15, 0.2) is 0 Å². The summed E-state index contributed by atoms with van der Waals surface area (Å²) in [5, 5.41) is 4.57. The molecule has 1 aliphatic heterocycles. The first-order valence-electron chi connectivity index (χ1n) is 6.71. The van der Waals surface area contributed by atoms with Crippen LogP contribution in [0.1, 0.15) is 52.3 Å². The Kier molecular flexibility index (Phi) is 2.45. The highest BCUT2D eigenvalue weighted by Gasteiger charge is 2.52. The van der Waals surface area contributed by atoms with E-state index in [-0.39, 0.29) is 18.3 Å². The average Bonchev–Trinajstić information content (AvgIpc) is 2.96. The molecular weight excluding hydrogens is 227 g/mol. The minimum absolute atomic E-state index is 0.286. The Hall–Kier alpha value is -0.805. The molecule has 5 heteroatoms. The maximum Gasteiger partial charge on any atom is 0.498 e. The highest BCUT2D eigenvalue weighted by molar-refractivity contribution is 6.62. The number of hydrogen-bond acceptors (Lipinski definition) is 3. The summed E-state index contributed by atoms with van der Waals surface area (Å²) in [6.45, 7) is 10.3. The van der Waals surface area contributed by atoms with E-state index < -0.39 is 0 Å². The van der Waals surface area contributed by atoms with Crippen LogP contribution < -0.4 is 5.46 Å². The number of nitrogens with zero attached hydrogens (tertiary/aromatic N) is 2. The lowest BCUT2D eigenvalue weighted by atomic mass is 9.79. The van der Waals surface area contributed by atoms with Gasteiger partial charge in [0.2, 0.25) is 0 Å². The smallest absolute Gasteiger partial charge is 0.399 e. The molecule has 98 valence electrons. The number of aryl methyl sites for hydroxylation is 1. The van der Waals surface area contributed by atoms with Gasteiger partial charge in [-0.25, -0.2) is 0 Å². The van der Waals surface area contributed by atoms with Crippen molar-refractivity contribution in [1.29, 1.82) is 0 Å². The maximum atomic E-state index is 6.07. The molecule has 1 saturated heterocycles. The van der Waals surface area contributed by atoms with E-state index in [9.17, 15) is 0 Å². The summed E-state index contributed by atoms with van der Waals surface area (Å²) in [5.74, 6) is 0. The molecule has 4 nitrogen and oxygen atoms in total. The van der Waals surface area contributed by atoms with Gasteiger partial charge in [-0.05, 0) is 47.5 Å². The molecule has 0 atom stereocenters. The Bertz CT molecular complexity index is 461. The second kappa shape index (κ2) is 3.61. The molecule has 0 N–H and O–H groups in total. The zero-order chi connectivity index (χ0) is 13.1. The summed E-state index contributed by atoms with van der Waals surface area (Å²) in [6, 6.07) is 0.597. The largest absolute Gasteiger partial charge is 0.498 e. The minimum Gasteiger partial charge on any atom is -0.399 e. The normalized spacial score (nSPS) is 25.7. The Morgan fingerprint density at radius 3 is 2.28 bits per heavy atom. The molecule has 0 unspecified atom stereocenters. The summed E-state index contributed by atoms with van der Waals surface area (Å²) >= 11 is 0. The van der Waals surface area contributed by atoms with Gasteiger partial charge in [0.25, 0.3) is 0 Å². The van der Waals surface area contributed by atoms with E-state index in [4.69, 9.17) is 9.31 Å². The quantitative estimate of drug-likeness (QED) is 0.749. The Morgan fingerprint density at radius 1 is 1.22 bits per heavy atom. The molecule has 1 aliphatic carbocycles. The molecule has 2 fully saturated rings. The molecule has 18 heavy (non-hydrogen) atoms. The van der Waals surface area contributed by atoms with Gasteiger partial charge in [-0.1, -0.05) is 0 Å². The van der Waals surface area contributed by atoms with E-state index >= 15 is 0 Å². The van der Waals surface area contributed by atoms with E-state index in [0.717, 1.165) is 11.2 Å².